The summed E-state index contributed by atoms with van der Waals surface area (Å²) in [6.45, 7) is 0.815. The van der Waals surface area contributed by atoms with Gasteiger partial charge in [-0.15, -0.1) is 46.7 Å². The molecule has 0 bridgehead atoms. The summed E-state index contributed by atoms with van der Waals surface area (Å²) in [7, 11) is 3.54. The van der Waals surface area contributed by atoms with E-state index in [1.165, 1.54) is 23.4 Å². The largest absolute Gasteiger partial charge is 0.434 e. The molecule has 0 saturated heterocycles. The molecule has 2 heterocycles. The van der Waals surface area contributed by atoms with Crippen LogP contribution >= 0.6 is 46.7 Å². The maximum Gasteiger partial charge on any atom is 0.434 e. The van der Waals surface area contributed by atoms with Gasteiger partial charge in [0.2, 0.25) is 0 Å². The summed E-state index contributed by atoms with van der Waals surface area (Å²) < 4.78 is 37.9. The fraction of sp³-hybridized carbons (Fsp3) is 0.562. The molecular weight excluding hydrogens is 510 g/mol. The van der Waals surface area contributed by atoms with Crippen LogP contribution in [0.2, 0.25) is 0 Å². The van der Waals surface area contributed by atoms with Gasteiger partial charge in [-0.05, 0) is 25.7 Å². The Kier molecular flexibility index (Phi) is 7.86. The number of aliphatic imine (C=N–C) groups is 1. The number of rotatable bonds is 4. The third kappa shape index (κ3) is 5.76. The monoisotopic (exact) mass is 531 g/mol. The molecule has 1 N–H and O–H groups in total. The third-order valence-electron chi connectivity index (χ3n) is 4.08. The Balaban J connectivity index is 0.00000261. The van der Waals surface area contributed by atoms with Crippen molar-refractivity contribution in [3.8, 4) is 0 Å². The van der Waals surface area contributed by atoms with Crippen molar-refractivity contribution in [2.24, 2.45) is 4.99 Å². The molecule has 150 valence electrons. The highest BCUT2D eigenvalue weighted by atomic mass is 127. The van der Waals surface area contributed by atoms with Gasteiger partial charge in [-0.2, -0.15) is 13.2 Å². The number of aromatic nitrogens is 2. The summed E-state index contributed by atoms with van der Waals surface area (Å²) in [6.07, 6.45) is 0.172. The van der Waals surface area contributed by atoms with Crippen molar-refractivity contribution < 1.29 is 13.2 Å². The van der Waals surface area contributed by atoms with Crippen molar-refractivity contribution in [2.45, 2.75) is 44.9 Å². The van der Waals surface area contributed by atoms with E-state index >= 15 is 0 Å². The second-order valence-corrected chi connectivity index (χ2v) is 8.18. The highest BCUT2D eigenvalue weighted by Gasteiger charge is 2.33. The summed E-state index contributed by atoms with van der Waals surface area (Å²) >= 11 is 2.73. The van der Waals surface area contributed by atoms with Crippen molar-refractivity contribution in [3.63, 3.8) is 0 Å². The molecule has 0 saturated carbocycles. The first-order valence-corrected chi connectivity index (χ1v) is 9.97. The molecule has 2 aromatic heterocycles. The Morgan fingerprint density at radius 1 is 1.26 bits per heavy atom. The molecule has 11 heteroatoms. The predicted molar refractivity (Wildman–Crippen MR) is 113 cm³/mol. The van der Waals surface area contributed by atoms with Gasteiger partial charge < -0.3 is 10.2 Å². The molecule has 2 aromatic rings. The lowest BCUT2D eigenvalue weighted by molar-refractivity contribution is -0.140. The van der Waals surface area contributed by atoms with E-state index in [0.29, 0.717) is 17.5 Å². The van der Waals surface area contributed by atoms with Crippen molar-refractivity contribution in [1.82, 2.24) is 20.2 Å². The van der Waals surface area contributed by atoms with Crippen molar-refractivity contribution in [1.29, 1.82) is 0 Å². The first-order valence-electron chi connectivity index (χ1n) is 8.27. The smallest absolute Gasteiger partial charge is 0.350 e. The highest BCUT2D eigenvalue weighted by molar-refractivity contribution is 14.0. The maximum absolute atomic E-state index is 12.6. The van der Waals surface area contributed by atoms with E-state index in [2.05, 4.69) is 15.3 Å². The zero-order valence-corrected chi connectivity index (χ0v) is 18.9. The molecule has 1 aliphatic rings. The zero-order chi connectivity index (χ0) is 18.7. The number of halogens is 4. The minimum Gasteiger partial charge on any atom is -0.350 e. The highest BCUT2D eigenvalue weighted by Crippen LogP contribution is 2.30. The third-order valence-corrected chi connectivity index (χ3v) is 6.07. The Morgan fingerprint density at radius 3 is 2.63 bits per heavy atom. The number of nitrogens with one attached hydrogen (secondary N) is 1. The fourth-order valence-electron chi connectivity index (χ4n) is 2.81. The van der Waals surface area contributed by atoms with Gasteiger partial charge in [0.15, 0.2) is 11.7 Å². The quantitative estimate of drug-likeness (QED) is 0.363. The van der Waals surface area contributed by atoms with Gasteiger partial charge >= 0.3 is 6.18 Å². The number of nitrogens with zero attached hydrogens (tertiary/aromatic N) is 4. The van der Waals surface area contributed by atoms with Gasteiger partial charge in [0.05, 0.1) is 18.8 Å². The van der Waals surface area contributed by atoms with Crippen LogP contribution in [0.3, 0.4) is 0 Å². The molecule has 0 aliphatic heterocycles. The molecule has 5 nitrogen and oxygen atoms in total. The maximum atomic E-state index is 12.6. The van der Waals surface area contributed by atoms with Crippen LogP contribution in [-0.2, 0) is 32.1 Å². The number of hydrogen-bond acceptors (Lipinski definition) is 5. The van der Waals surface area contributed by atoms with Gasteiger partial charge in [0, 0.05) is 24.4 Å². The lowest BCUT2D eigenvalue weighted by Crippen LogP contribution is -2.38. The summed E-state index contributed by atoms with van der Waals surface area (Å²) in [5.41, 5.74) is 0.367. The Hall–Kier alpha value is -0.950. The molecule has 0 aromatic carbocycles. The second kappa shape index (κ2) is 9.50. The van der Waals surface area contributed by atoms with Crippen LogP contribution in [0.1, 0.15) is 39.1 Å². The van der Waals surface area contributed by atoms with Crippen molar-refractivity contribution >= 4 is 52.6 Å². The average molecular weight is 531 g/mol. The summed E-state index contributed by atoms with van der Waals surface area (Å²) in [4.78, 5) is 15.8. The summed E-state index contributed by atoms with van der Waals surface area (Å²) in [5, 5.41) is 5.51. The van der Waals surface area contributed by atoms with Gasteiger partial charge in [0.25, 0.3) is 0 Å². The molecule has 0 atom stereocenters. The molecule has 0 amide bonds. The SMILES string of the molecule is CN=C(NCc1nc(C(F)(F)F)cs1)N(C)Cc1nc2c(s1)CCCC2.I. The Bertz CT molecular complexity index is 764. The van der Waals surface area contributed by atoms with Crippen LogP contribution in [0, 0.1) is 0 Å². The van der Waals surface area contributed by atoms with E-state index in [0.717, 1.165) is 34.6 Å². The van der Waals surface area contributed by atoms with Gasteiger partial charge in [0.1, 0.15) is 10.0 Å². The molecule has 0 fully saturated rings. The van der Waals surface area contributed by atoms with Crippen LogP contribution in [0.25, 0.3) is 0 Å². The summed E-state index contributed by atoms with van der Waals surface area (Å²) in [5.74, 6) is 0.599. The molecule has 0 unspecified atom stereocenters. The normalized spacial score (nSPS) is 14.5. The number of aryl methyl sites for hydroxylation is 2. The van der Waals surface area contributed by atoms with Crippen LogP contribution in [0.4, 0.5) is 13.2 Å². The lowest BCUT2D eigenvalue weighted by Gasteiger charge is -2.20. The molecule has 0 spiro atoms. The Labute approximate surface area is 181 Å². The van der Waals surface area contributed by atoms with E-state index in [9.17, 15) is 13.2 Å². The van der Waals surface area contributed by atoms with E-state index in [-0.39, 0.29) is 30.5 Å². The lowest BCUT2D eigenvalue weighted by atomic mass is 10.0. The van der Waals surface area contributed by atoms with Crippen molar-refractivity contribution in [3.05, 3.63) is 31.7 Å². The minimum absolute atomic E-state index is 0. The van der Waals surface area contributed by atoms with Gasteiger partial charge in [-0.1, -0.05) is 0 Å². The van der Waals surface area contributed by atoms with Gasteiger partial charge in [-0.25, -0.2) is 9.97 Å². The van der Waals surface area contributed by atoms with Crippen molar-refractivity contribution in [2.75, 3.05) is 14.1 Å². The molecule has 1 aliphatic carbocycles. The van der Waals surface area contributed by atoms with E-state index in [4.69, 9.17) is 4.98 Å². The molecule has 27 heavy (non-hydrogen) atoms. The van der Waals surface area contributed by atoms with E-state index in [1.807, 2.05) is 11.9 Å². The fourth-order valence-corrected chi connectivity index (χ4v) is 4.76. The predicted octanol–water partition coefficient (Wildman–Crippen LogP) is 4.32. The van der Waals surface area contributed by atoms with Crippen LogP contribution < -0.4 is 5.32 Å². The number of hydrogen-bond donors (Lipinski definition) is 1. The van der Waals surface area contributed by atoms with Crippen LogP contribution in [0.15, 0.2) is 10.4 Å². The summed E-state index contributed by atoms with van der Waals surface area (Å²) in [6, 6.07) is 0. The van der Waals surface area contributed by atoms with Crippen LogP contribution in [0.5, 0.6) is 0 Å². The molecular formula is C16H21F3IN5S2. The van der Waals surface area contributed by atoms with E-state index < -0.39 is 11.9 Å². The Morgan fingerprint density at radius 2 is 2.00 bits per heavy atom. The number of guanidine groups is 1. The minimum atomic E-state index is -4.41. The molecule has 0 radical (unpaired) electrons. The van der Waals surface area contributed by atoms with E-state index in [1.54, 1.807) is 18.4 Å². The number of alkyl halides is 3. The number of thiazole rings is 2. The topological polar surface area (TPSA) is 53.4 Å². The number of fused-ring (bicyclic) bond motifs is 1. The standard InChI is InChI=1S/C16H20F3N5S2.HI/c1-20-15(21-7-13-23-12(9-25-13)16(17,18)19)24(2)8-14-22-10-5-3-4-6-11(10)26-14;/h9H,3-8H2,1-2H3,(H,20,21);1H. The first kappa shape index (κ1) is 22.3. The average Bonchev–Trinajstić information content (AvgIpc) is 3.21. The van der Waals surface area contributed by atoms with Crippen LogP contribution in [-0.4, -0.2) is 34.9 Å². The molecule has 3 rings (SSSR count). The van der Waals surface area contributed by atoms with Gasteiger partial charge in [-0.3, -0.25) is 4.99 Å². The second-order valence-electron chi connectivity index (χ2n) is 6.07. The first-order chi connectivity index (χ1) is 12.4. The zero-order valence-electron chi connectivity index (χ0n) is 15.0.